The number of aromatic nitrogens is 2. The third-order valence-corrected chi connectivity index (χ3v) is 8.04. The fourth-order valence-electron chi connectivity index (χ4n) is 5.62. The number of hydrogen-bond acceptors (Lipinski definition) is 11. The average molecular weight is 586 g/mol. The summed E-state index contributed by atoms with van der Waals surface area (Å²) in [5.74, 6) is 0.206. The Balaban J connectivity index is 1.03. The summed E-state index contributed by atoms with van der Waals surface area (Å²) in [7, 11) is 1.86. The summed E-state index contributed by atoms with van der Waals surface area (Å²) in [5.41, 5.74) is 10.0. The second-order valence-corrected chi connectivity index (χ2v) is 11.1. The van der Waals surface area contributed by atoms with Crippen molar-refractivity contribution in [2.75, 3.05) is 30.4 Å². The van der Waals surface area contributed by atoms with E-state index in [0.717, 1.165) is 24.5 Å². The molecular weight excluding hydrogens is 553 g/mol. The molecule has 2 aromatic heterocycles. The van der Waals surface area contributed by atoms with E-state index in [4.69, 9.17) is 4.42 Å². The number of oxazole rings is 1. The van der Waals surface area contributed by atoms with Crippen LogP contribution in [-0.2, 0) is 4.79 Å². The number of fused-ring (bicyclic) bond motifs is 1. The molecule has 13 heteroatoms. The Kier molecular flexibility index (Phi) is 7.13. The highest BCUT2D eigenvalue weighted by Crippen LogP contribution is 2.35. The van der Waals surface area contributed by atoms with Crippen molar-refractivity contribution < 1.29 is 18.7 Å². The van der Waals surface area contributed by atoms with Crippen LogP contribution in [0.1, 0.15) is 31.2 Å². The number of aliphatic hydroxyl groups is 1. The van der Waals surface area contributed by atoms with Crippen LogP contribution in [-0.4, -0.2) is 69.3 Å². The third kappa shape index (κ3) is 5.61. The van der Waals surface area contributed by atoms with Crippen LogP contribution in [0.2, 0.25) is 0 Å². The molecule has 1 amide bonds. The molecule has 4 heterocycles. The molecule has 1 unspecified atom stereocenters. The van der Waals surface area contributed by atoms with Gasteiger partial charge in [0.15, 0.2) is 11.8 Å². The van der Waals surface area contributed by atoms with Gasteiger partial charge in [0.25, 0.3) is 0 Å². The van der Waals surface area contributed by atoms with E-state index in [1.54, 1.807) is 41.6 Å². The first kappa shape index (κ1) is 27.3. The molecule has 1 aliphatic carbocycles. The lowest BCUT2D eigenvalue weighted by molar-refractivity contribution is -0.117. The number of nitrogens with zero attached hydrogens (tertiary/aromatic N) is 6. The van der Waals surface area contributed by atoms with E-state index in [2.05, 4.69) is 48.4 Å². The summed E-state index contributed by atoms with van der Waals surface area (Å²) in [6.07, 6.45) is 1.58. The monoisotopic (exact) mass is 585 g/mol. The van der Waals surface area contributed by atoms with Crippen LogP contribution in [0.15, 0.2) is 76.4 Å². The van der Waals surface area contributed by atoms with Crippen molar-refractivity contribution in [2.24, 2.45) is 11.0 Å². The van der Waals surface area contributed by atoms with Crippen molar-refractivity contribution in [3.8, 4) is 11.5 Å². The second-order valence-electron chi connectivity index (χ2n) is 11.1. The van der Waals surface area contributed by atoms with E-state index in [-0.39, 0.29) is 18.4 Å². The lowest BCUT2D eigenvalue weighted by Crippen LogP contribution is -2.53. The summed E-state index contributed by atoms with van der Waals surface area (Å²) < 4.78 is 19.2. The molecule has 1 saturated heterocycles. The molecule has 2 aliphatic heterocycles. The number of benzene rings is 2. The number of likely N-dealkylation sites (tertiary alicyclic amines) is 1. The predicted octanol–water partition coefficient (Wildman–Crippen LogP) is 3.37. The van der Waals surface area contributed by atoms with Crippen molar-refractivity contribution in [1.29, 1.82) is 0 Å². The second kappa shape index (κ2) is 11.2. The normalized spacial score (nSPS) is 21.6. The molecule has 0 radical (unpaired) electrons. The number of nitrogens with one attached hydrogen (secondary N) is 3. The fraction of sp³-hybridized carbons (Fsp3) is 0.333. The minimum Gasteiger partial charge on any atom is -0.436 e. The van der Waals surface area contributed by atoms with E-state index in [1.165, 1.54) is 0 Å². The number of alkyl halides is 1. The fourth-order valence-corrected chi connectivity index (χ4v) is 5.62. The van der Waals surface area contributed by atoms with Gasteiger partial charge < -0.3 is 19.7 Å². The average Bonchev–Trinajstić information content (AvgIpc) is 3.39. The Hall–Kier alpha value is -4.59. The first-order chi connectivity index (χ1) is 20.9. The minimum atomic E-state index is -1.06. The molecule has 7 rings (SSSR count). The Morgan fingerprint density at radius 1 is 1.16 bits per heavy atom. The molecule has 12 nitrogen and oxygen atoms in total. The number of hydrazone groups is 1. The van der Waals surface area contributed by atoms with Crippen LogP contribution in [0.5, 0.6) is 0 Å². The number of halogens is 1. The number of guanidine groups is 1. The molecule has 1 saturated carbocycles. The molecule has 43 heavy (non-hydrogen) atoms. The maximum Gasteiger partial charge on any atom is 0.238 e. The lowest BCUT2D eigenvalue weighted by atomic mass is 10.0. The molecule has 0 bridgehead atoms. The van der Waals surface area contributed by atoms with E-state index in [9.17, 15) is 14.3 Å². The summed E-state index contributed by atoms with van der Waals surface area (Å²) in [4.78, 5) is 25.4. The van der Waals surface area contributed by atoms with Gasteiger partial charge in [-0.25, -0.2) is 14.9 Å². The van der Waals surface area contributed by atoms with Gasteiger partial charge in [-0.05, 0) is 61.7 Å². The van der Waals surface area contributed by atoms with Crippen molar-refractivity contribution in [2.45, 2.75) is 37.7 Å². The number of hydrogen-bond donors (Lipinski definition) is 4. The zero-order valence-electron chi connectivity index (χ0n) is 23.5. The van der Waals surface area contributed by atoms with Gasteiger partial charge in [0, 0.05) is 49.3 Å². The van der Waals surface area contributed by atoms with Crippen LogP contribution < -0.4 is 21.2 Å². The number of hydrazine groups is 2. The number of aliphatic hydroxyl groups excluding tert-OH is 1. The smallest absolute Gasteiger partial charge is 0.238 e. The van der Waals surface area contributed by atoms with Crippen LogP contribution >= 0.6 is 0 Å². The number of para-hydroxylation sites is 1. The van der Waals surface area contributed by atoms with Gasteiger partial charge in [-0.2, -0.15) is 0 Å². The molecule has 2 aromatic carbocycles. The summed E-state index contributed by atoms with van der Waals surface area (Å²) in [5, 5.41) is 20.2. The largest absolute Gasteiger partial charge is 0.436 e. The topological polar surface area (TPSA) is 134 Å². The zero-order valence-corrected chi connectivity index (χ0v) is 23.5. The maximum absolute atomic E-state index is 13.2. The number of carbonyl (C=O) groups is 1. The number of carbonyl (C=O) groups excluding carboxylic acids is 1. The Labute approximate surface area is 247 Å². The first-order valence-electron chi connectivity index (χ1n) is 14.3. The van der Waals surface area contributed by atoms with Gasteiger partial charge in [0.1, 0.15) is 11.7 Å². The van der Waals surface area contributed by atoms with Gasteiger partial charge in [0.05, 0.1) is 11.6 Å². The quantitative estimate of drug-likeness (QED) is 0.256. The summed E-state index contributed by atoms with van der Waals surface area (Å²) in [6.45, 7) is 1.33. The molecule has 2 fully saturated rings. The first-order valence-corrected chi connectivity index (χ1v) is 14.3. The SMILES string of the molecule is CN1NN=C(N(c2ccccc2)C2CCN(C(O)c3cc(-c4nc5cc(NC(=O)[C@@H]6C[C@@H]6F)ccc5o4)ccn3)CC2)N1. The Bertz CT molecular complexity index is 1660. The highest BCUT2D eigenvalue weighted by Gasteiger charge is 2.43. The summed E-state index contributed by atoms with van der Waals surface area (Å²) >= 11 is 0. The minimum absolute atomic E-state index is 0.182. The van der Waals surface area contributed by atoms with E-state index < -0.39 is 18.3 Å². The Morgan fingerprint density at radius 3 is 2.67 bits per heavy atom. The van der Waals surface area contributed by atoms with Crippen molar-refractivity contribution in [3.63, 3.8) is 0 Å². The van der Waals surface area contributed by atoms with E-state index in [0.29, 0.717) is 47.0 Å². The standard InChI is InChI=1S/C30H32FN9O3/c1-38-36-30(35-37-38)40(20-5-3-2-4-6-20)21-10-13-39(14-11-21)29(42)25-15-18(9-12-32-25)28-34-24-16-19(7-8-26(24)43-28)33-27(41)22-17-23(22)31/h2-9,12,15-16,21-23,29,37,42H,10-11,13-14,17H2,1H3,(H,33,41)(H,35,36)/t22-,23+,29?/m1/s1. The van der Waals surface area contributed by atoms with Crippen molar-refractivity contribution in [3.05, 3.63) is 72.6 Å². The van der Waals surface area contributed by atoms with E-state index in [1.807, 2.05) is 30.1 Å². The molecular formula is C30H32FN9O3. The molecule has 3 atom stereocenters. The molecule has 3 aliphatic rings. The van der Waals surface area contributed by atoms with Crippen LogP contribution in [0.25, 0.3) is 22.6 Å². The van der Waals surface area contributed by atoms with Crippen LogP contribution in [0, 0.1) is 5.92 Å². The number of rotatable bonds is 7. The number of pyridine rings is 1. The Morgan fingerprint density at radius 2 is 1.95 bits per heavy atom. The van der Waals surface area contributed by atoms with Gasteiger partial charge in [-0.3, -0.25) is 20.1 Å². The summed E-state index contributed by atoms with van der Waals surface area (Å²) in [6, 6.07) is 19.0. The molecule has 222 valence electrons. The van der Waals surface area contributed by atoms with Crippen LogP contribution in [0.3, 0.4) is 0 Å². The predicted molar refractivity (Wildman–Crippen MR) is 159 cm³/mol. The lowest BCUT2D eigenvalue weighted by Gasteiger charge is -2.40. The third-order valence-electron chi connectivity index (χ3n) is 8.04. The van der Waals surface area contributed by atoms with Gasteiger partial charge in [-0.1, -0.05) is 18.2 Å². The number of anilines is 2. The molecule has 4 aromatic rings. The number of piperidine rings is 1. The molecule has 0 spiro atoms. The zero-order chi connectivity index (χ0) is 29.5. The molecule has 4 N–H and O–H groups in total. The highest BCUT2D eigenvalue weighted by atomic mass is 19.1. The van der Waals surface area contributed by atoms with Gasteiger partial charge >= 0.3 is 0 Å². The van der Waals surface area contributed by atoms with Gasteiger partial charge in [0.2, 0.25) is 17.8 Å². The van der Waals surface area contributed by atoms with Crippen LogP contribution in [0.4, 0.5) is 15.8 Å². The van der Waals surface area contributed by atoms with E-state index >= 15 is 0 Å². The maximum atomic E-state index is 13.2. The van der Waals surface area contributed by atoms with Crippen molar-refractivity contribution >= 4 is 34.3 Å². The van der Waals surface area contributed by atoms with Crippen molar-refractivity contribution in [1.82, 2.24) is 30.9 Å². The highest BCUT2D eigenvalue weighted by molar-refractivity contribution is 5.97. The van der Waals surface area contributed by atoms with Gasteiger partial charge in [-0.15, -0.1) is 10.2 Å². The number of amides is 1.